The first-order valence-electron chi connectivity index (χ1n) is 6.20. The molecule has 0 spiro atoms. The number of rotatable bonds is 2. The molecular formula is C14H21ClFN. The molecule has 1 atom stereocenters. The Morgan fingerprint density at radius 3 is 2.53 bits per heavy atom. The summed E-state index contributed by atoms with van der Waals surface area (Å²) in [6.07, 6.45) is 6.25. The molecule has 1 fully saturated rings. The standard InChI is InChI=1S/C14H20FN.ClH/c1-10-12(8-5-9-13(10)15)14(16)11-6-3-2-4-7-11;/h5,8-9,11,14H,2-4,6-7,16H2,1H3;1H/t14-;/m0./s1. The van der Waals surface area contributed by atoms with Crippen LogP contribution in [-0.2, 0) is 0 Å². The second-order valence-electron chi connectivity index (χ2n) is 4.88. The van der Waals surface area contributed by atoms with Crippen molar-refractivity contribution in [3.8, 4) is 0 Å². The van der Waals surface area contributed by atoms with Crippen molar-refractivity contribution in [1.82, 2.24) is 0 Å². The smallest absolute Gasteiger partial charge is 0.126 e. The van der Waals surface area contributed by atoms with Crippen molar-refractivity contribution in [2.45, 2.75) is 45.1 Å². The first kappa shape index (κ1) is 14.5. The number of halogens is 2. The van der Waals surface area contributed by atoms with Gasteiger partial charge >= 0.3 is 0 Å². The summed E-state index contributed by atoms with van der Waals surface area (Å²) in [7, 11) is 0. The summed E-state index contributed by atoms with van der Waals surface area (Å²) in [6.45, 7) is 1.83. The second kappa shape index (κ2) is 6.36. The Balaban J connectivity index is 0.00000144. The predicted molar refractivity (Wildman–Crippen MR) is 71.9 cm³/mol. The van der Waals surface area contributed by atoms with Gasteiger partial charge in [-0.05, 0) is 42.9 Å². The molecule has 96 valence electrons. The van der Waals surface area contributed by atoms with E-state index in [1.54, 1.807) is 6.07 Å². The van der Waals surface area contributed by atoms with Gasteiger partial charge in [0, 0.05) is 6.04 Å². The Morgan fingerprint density at radius 1 is 1.24 bits per heavy atom. The molecule has 2 N–H and O–H groups in total. The predicted octanol–water partition coefficient (Wildman–Crippen LogP) is 4.14. The van der Waals surface area contributed by atoms with E-state index in [0.717, 1.165) is 11.1 Å². The zero-order valence-electron chi connectivity index (χ0n) is 10.3. The third kappa shape index (κ3) is 3.20. The van der Waals surface area contributed by atoms with Gasteiger partial charge in [0.2, 0.25) is 0 Å². The van der Waals surface area contributed by atoms with Crippen molar-refractivity contribution < 1.29 is 4.39 Å². The van der Waals surface area contributed by atoms with Crippen LogP contribution in [0.4, 0.5) is 4.39 Å². The number of hydrogen-bond acceptors (Lipinski definition) is 1. The molecule has 0 heterocycles. The lowest BCUT2D eigenvalue weighted by Crippen LogP contribution is -2.24. The lowest BCUT2D eigenvalue weighted by molar-refractivity contribution is 0.307. The second-order valence-corrected chi connectivity index (χ2v) is 4.88. The minimum absolute atomic E-state index is 0. The summed E-state index contributed by atoms with van der Waals surface area (Å²) < 4.78 is 13.5. The van der Waals surface area contributed by atoms with Gasteiger partial charge < -0.3 is 5.73 Å². The summed E-state index contributed by atoms with van der Waals surface area (Å²) in [5, 5.41) is 0. The Labute approximate surface area is 109 Å². The highest BCUT2D eigenvalue weighted by atomic mass is 35.5. The molecule has 0 radical (unpaired) electrons. The fourth-order valence-corrected chi connectivity index (χ4v) is 2.73. The van der Waals surface area contributed by atoms with Gasteiger partial charge in [0.05, 0.1) is 0 Å². The minimum Gasteiger partial charge on any atom is -0.324 e. The van der Waals surface area contributed by atoms with Crippen molar-refractivity contribution in [2.75, 3.05) is 0 Å². The molecule has 0 aliphatic heterocycles. The number of hydrogen-bond donors (Lipinski definition) is 1. The van der Waals surface area contributed by atoms with Gasteiger partial charge in [0.25, 0.3) is 0 Å². The molecule has 0 saturated heterocycles. The van der Waals surface area contributed by atoms with Gasteiger partial charge in [-0.15, -0.1) is 12.4 Å². The monoisotopic (exact) mass is 257 g/mol. The van der Waals surface area contributed by atoms with Crippen LogP contribution in [0.1, 0.15) is 49.3 Å². The molecule has 0 aromatic heterocycles. The highest BCUT2D eigenvalue weighted by molar-refractivity contribution is 5.85. The normalized spacial score (nSPS) is 18.5. The van der Waals surface area contributed by atoms with Crippen LogP contribution >= 0.6 is 12.4 Å². The highest BCUT2D eigenvalue weighted by Gasteiger charge is 2.23. The lowest BCUT2D eigenvalue weighted by atomic mass is 9.80. The molecule has 0 bridgehead atoms. The molecule has 1 aromatic carbocycles. The van der Waals surface area contributed by atoms with Gasteiger partial charge in [0.1, 0.15) is 5.82 Å². The van der Waals surface area contributed by atoms with Crippen molar-refractivity contribution in [1.29, 1.82) is 0 Å². The van der Waals surface area contributed by atoms with Gasteiger partial charge in [-0.25, -0.2) is 4.39 Å². The minimum atomic E-state index is -0.135. The van der Waals surface area contributed by atoms with Gasteiger partial charge in [-0.3, -0.25) is 0 Å². The molecule has 1 saturated carbocycles. The third-order valence-electron chi connectivity index (χ3n) is 3.83. The molecule has 17 heavy (non-hydrogen) atoms. The zero-order chi connectivity index (χ0) is 11.5. The summed E-state index contributed by atoms with van der Waals surface area (Å²) in [4.78, 5) is 0. The quantitative estimate of drug-likeness (QED) is 0.847. The van der Waals surface area contributed by atoms with Crippen LogP contribution in [0.5, 0.6) is 0 Å². The Hall–Kier alpha value is -0.600. The summed E-state index contributed by atoms with van der Waals surface area (Å²) in [5.74, 6) is 0.401. The third-order valence-corrected chi connectivity index (χ3v) is 3.83. The van der Waals surface area contributed by atoms with E-state index in [-0.39, 0.29) is 24.3 Å². The SMILES string of the molecule is Cc1c(F)cccc1[C@@H](N)C1CCCCC1.Cl. The maximum absolute atomic E-state index is 13.5. The van der Waals surface area contributed by atoms with Crippen LogP contribution in [-0.4, -0.2) is 0 Å². The van der Waals surface area contributed by atoms with E-state index < -0.39 is 0 Å². The van der Waals surface area contributed by atoms with E-state index in [4.69, 9.17) is 5.73 Å². The average molecular weight is 258 g/mol. The first-order valence-corrected chi connectivity index (χ1v) is 6.20. The molecule has 1 nitrogen and oxygen atoms in total. The fourth-order valence-electron chi connectivity index (χ4n) is 2.73. The Bertz CT molecular complexity index is 361. The molecule has 1 aliphatic carbocycles. The Kier molecular flexibility index (Phi) is 5.41. The van der Waals surface area contributed by atoms with Crippen LogP contribution in [0.15, 0.2) is 18.2 Å². The maximum atomic E-state index is 13.5. The highest BCUT2D eigenvalue weighted by Crippen LogP contribution is 2.34. The molecule has 2 rings (SSSR count). The summed E-state index contributed by atoms with van der Waals surface area (Å²) >= 11 is 0. The van der Waals surface area contributed by atoms with Crippen LogP contribution in [0, 0.1) is 18.7 Å². The summed E-state index contributed by atoms with van der Waals surface area (Å²) in [6, 6.07) is 5.25. The molecule has 0 unspecified atom stereocenters. The topological polar surface area (TPSA) is 26.0 Å². The molecule has 1 aliphatic rings. The number of benzene rings is 1. The van der Waals surface area contributed by atoms with Gasteiger partial charge in [-0.1, -0.05) is 31.4 Å². The van der Waals surface area contributed by atoms with E-state index >= 15 is 0 Å². The van der Waals surface area contributed by atoms with E-state index in [1.807, 2.05) is 13.0 Å². The molecule has 3 heteroatoms. The number of nitrogens with two attached hydrogens (primary N) is 1. The lowest BCUT2D eigenvalue weighted by Gasteiger charge is -2.28. The van der Waals surface area contributed by atoms with E-state index in [0.29, 0.717) is 5.92 Å². The van der Waals surface area contributed by atoms with Crippen molar-refractivity contribution in [2.24, 2.45) is 11.7 Å². The van der Waals surface area contributed by atoms with Gasteiger partial charge in [0.15, 0.2) is 0 Å². The van der Waals surface area contributed by atoms with E-state index in [2.05, 4.69) is 0 Å². The van der Waals surface area contributed by atoms with Crippen molar-refractivity contribution >= 4 is 12.4 Å². The van der Waals surface area contributed by atoms with Crippen LogP contribution in [0.25, 0.3) is 0 Å². The first-order chi connectivity index (χ1) is 7.70. The zero-order valence-corrected chi connectivity index (χ0v) is 11.1. The van der Waals surface area contributed by atoms with Crippen molar-refractivity contribution in [3.05, 3.63) is 35.1 Å². The van der Waals surface area contributed by atoms with E-state index in [1.165, 1.54) is 38.2 Å². The Morgan fingerprint density at radius 2 is 1.88 bits per heavy atom. The molecule has 1 aromatic rings. The van der Waals surface area contributed by atoms with Crippen LogP contribution in [0.2, 0.25) is 0 Å². The van der Waals surface area contributed by atoms with Crippen LogP contribution < -0.4 is 5.73 Å². The van der Waals surface area contributed by atoms with E-state index in [9.17, 15) is 4.39 Å². The van der Waals surface area contributed by atoms with Crippen LogP contribution in [0.3, 0.4) is 0 Å². The average Bonchev–Trinajstić information content (AvgIpc) is 2.33. The van der Waals surface area contributed by atoms with Gasteiger partial charge in [-0.2, -0.15) is 0 Å². The fraction of sp³-hybridized carbons (Fsp3) is 0.571. The maximum Gasteiger partial charge on any atom is 0.126 e. The molecular weight excluding hydrogens is 237 g/mol. The summed E-state index contributed by atoms with van der Waals surface area (Å²) in [5.41, 5.74) is 7.99. The molecule has 0 amide bonds. The largest absolute Gasteiger partial charge is 0.324 e. The van der Waals surface area contributed by atoms with Crippen molar-refractivity contribution in [3.63, 3.8) is 0 Å².